The van der Waals surface area contributed by atoms with Crippen LogP contribution in [0.1, 0.15) is 29.1 Å². The number of hydrogen-bond acceptors (Lipinski definition) is 5. The molecule has 0 unspecified atom stereocenters. The van der Waals surface area contributed by atoms with Gasteiger partial charge in [0.05, 0.1) is 6.04 Å². The molecule has 0 radical (unpaired) electrons. The highest BCUT2D eigenvalue weighted by Crippen LogP contribution is 2.18. The minimum atomic E-state index is -0.210. The molecule has 2 aromatic rings. The van der Waals surface area contributed by atoms with Gasteiger partial charge in [-0.3, -0.25) is 4.79 Å². The Kier molecular flexibility index (Phi) is 3.27. The van der Waals surface area contributed by atoms with Gasteiger partial charge in [0, 0.05) is 13.1 Å². The molecule has 0 aliphatic carbocycles. The third kappa shape index (κ3) is 2.32. The number of anilines is 1. The predicted octanol–water partition coefficient (Wildman–Crippen LogP) is 1.48. The van der Waals surface area contributed by atoms with Crippen LogP contribution in [0.3, 0.4) is 0 Å². The third-order valence-electron chi connectivity index (χ3n) is 2.78. The molecule has 6 nitrogen and oxygen atoms in total. The van der Waals surface area contributed by atoms with Crippen LogP contribution in [0.15, 0.2) is 35.1 Å². The van der Waals surface area contributed by atoms with Crippen LogP contribution in [0.2, 0.25) is 0 Å². The van der Waals surface area contributed by atoms with Gasteiger partial charge in [-0.25, -0.2) is 4.98 Å². The SMILES string of the molecule is C[C@H](c1ccon1)N(C)C(=O)c1cccc(N)n1. The Morgan fingerprint density at radius 2 is 2.22 bits per heavy atom. The number of nitrogen functional groups attached to an aromatic ring is 1. The number of carbonyl (C=O) groups is 1. The van der Waals surface area contributed by atoms with Crippen molar-refractivity contribution >= 4 is 11.7 Å². The maximum Gasteiger partial charge on any atom is 0.272 e. The molecule has 2 rings (SSSR count). The molecule has 0 aliphatic heterocycles. The fourth-order valence-corrected chi connectivity index (χ4v) is 1.56. The van der Waals surface area contributed by atoms with Crippen LogP contribution < -0.4 is 5.73 Å². The monoisotopic (exact) mass is 246 g/mol. The first kappa shape index (κ1) is 12.1. The van der Waals surface area contributed by atoms with E-state index >= 15 is 0 Å². The van der Waals surface area contributed by atoms with Gasteiger partial charge >= 0.3 is 0 Å². The summed E-state index contributed by atoms with van der Waals surface area (Å²) in [6, 6.07) is 6.49. The Morgan fingerprint density at radius 1 is 1.44 bits per heavy atom. The maximum absolute atomic E-state index is 12.2. The Bertz CT molecular complexity index is 539. The molecule has 0 fully saturated rings. The highest BCUT2D eigenvalue weighted by molar-refractivity contribution is 5.92. The average Bonchev–Trinajstić information content (AvgIpc) is 2.90. The van der Waals surface area contributed by atoms with E-state index in [1.54, 1.807) is 36.2 Å². The molecule has 0 aliphatic rings. The third-order valence-corrected chi connectivity index (χ3v) is 2.78. The number of nitrogens with zero attached hydrogens (tertiary/aromatic N) is 3. The van der Waals surface area contributed by atoms with Crippen LogP contribution in [0.25, 0.3) is 0 Å². The summed E-state index contributed by atoms with van der Waals surface area (Å²) >= 11 is 0. The van der Waals surface area contributed by atoms with E-state index in [1.807, 2.05) is 6.92 Å². The molecular weight excluding hydrogens is 232 g/mol. The van der Waals surface area contributed by atoms with E-state index in [0.29, 0.717) is 17.2 Å². The van der Waals surface area contributed by atoms with Crippen molar-refractivity contribution in [1.29, 1.82) is 0 Å². The van der Waals surface area contributed by atoms with Gasteiger partial charge in [0.2, 0.25) is 0 Å². The molecule has 2 N–H and O–H groups in total. The minimum absolute atomic E-state index is 0.195. The largest absolute Gasteiger partial charge is 0.384 e. The van der Waals surface area contributed by atoms with Gasteiger partial charge in [-0.1, -0.05) is 11.2 Å². The quantitative estimate of drug-likeness (QED) is 0.886. The highest BCUT2D eigenvalue weighted by atomic mass is 16.5. The van der Waals surface area contributed by atoms with Gasteiger partial charge in [0.15, 0.2) is 0 Å². The van der Waals surface area contributed by atoms with Crippen molar-refractivity contribution in [3.63, 3.8) is 0 Å². The fraction of sp³-hybridized carbons (Fsp3) is 0.250. The second kappa shape index (κ2) is 4.87. The molecule has 0 bridgehead atoms. The smallest absolute Gasteiger partial charge is 0.272 e. The van der Waals surface area contributed by atoms with Gasteiger partial charge in [0.1, 0.15) is 23.5 Å². The summed E-state index contributed by atoms with van der Waals surface area (Å²) < 4.78 is 4.77. The number of rotatable bonds is 3. The summed E-state index contributed by atoms with van der Waals surface area (Å²) in [6.45, 7) is 1.86. The standard InChI is InChI=1S/C12H14N4O2/c1-8(9-6-7-18-15-9)16(2)12(17)10-4-3-5-11(13)14-10/h3-8H,1-2H3,(H2,13,14)/t8-/m1/s1. The van der Waals surface area contributed by atoms with Gasteiger partial charge in [-0.15, -0.1) is 0 Å². The zero-order chi connectivity index (χ0) is 13.1. The molecule has 0 spiro atoms. The van der Waals surface area contributed by atoms with Crippen molar-refractivity contribution in [2.45, 2.75) is 13.0 Å². The molecule has 0 saturated carbocycles. The molecule has 0 aromatic carbocycles. The molecule has 6 heteroatoms. The van der Waals surface area contributed by atoms with E-state index < -0.39 is 0 Å². The summed E-state index contributed by atoms with van der Waals surface area (Å²) in [5.74, 6) is 0.112. The zero-order valence-corrected chi connectivity index (χ0v) is 10.2. The number of pyridine rings is 1. The van der Waals surface area contributed by atoms with E-state index in [-0.39, 0.29) is 11.9 Å². The molecule has 0 saturated heterocycles. The van der Waals surface area contributed by atoms with Crippen LogP contribution in [-0.2, 0) is 0 Å². The maximum atomic E-state index is 12.2. The van der Waals surface area contributed by atoms with E-state index in [1.165, 1.54) is 6.26 Å². The first-order chi connectivity index (χ1) is 8.59. The lowest BCUT2D eigenvalue weighted by atomic mass is 10.2. The van der Waals surface area contributed by atoms with Gasteiger partial charge in [-0.05, 0) is 19.1 Å². The van der Waals surface area contributed by atoms with Crippen LogP contribution in [-0.4, -0.2) is 28.0 Å². The molecule has 2 heterocycles. The molecule has 94 valence electrons. The summed E-state index contributed by atoms with van der Waals surface area (Å²) in [7, 11) is 1.69. The van der Waals surface area contributed by atoms with Crippen molar-refractivity contribution in [2.75, 3.05) is 12.8 Å². The molecular formula is C12H14N4O2. The van der Waals surface area contributed by atoms with Crippen LogP contribution in [0.5, 0.6) is 0 Å². The van der Waals surface area contributed by atoms with Gasteiger partial charge in [0.25, 0.3) is 5.91 Å². The Balaban J connectivity index is 2.19. The predicted molar refractivity (Wildman–Crippen MR) is 65.7 cm³/mol. The Morgan fingerprint density at radius 3 is 2.83 bits per heavy atom. The molecule has 18 heavy (non-hydrogen) atoms. The lowest BCUT2D eigenvalue weighted by molar-refractivity contribution is 0.0732. The van der Waals surface area contributed by atoms with Crippen LogP contribution >= 0.6 is 0 Å². The fourth-order valence-electron chi connectivity index (χ4n) is 1.56. The zero-order valence-electron chi connectivity index (χ0n) is 10.2. The molecule has 2 aromatic heterocycles. The second-order valence-corrected chi connectivity index (χ2v) is 3.96. The first-order valence-corrected chi connectivity index (χ1v) is 5.49. The summed E-state index contributed by atoms with van der Waals surface area (Å²) in [4.78, 5) is 17.7. The molecule has 1 atom stereocenters. The number of nitrogens with two attached hydrogens (primary N) is 1. The van der Waals surface area contributed by atoms with Crippen LogP contribution in [0.4, 0.5) is 5.82 Å². The molecule has 1 amide bonds. The van der Waals surface area contributed by atoms with E-state index in [4.69, 9.17) is 10.3 Å². The normalized spacial score (nSPS) is 12.1. The minimum Gasteiger partial charge on any atom is -0.384 e. The van der Waals surface area contributed by atoms with E-state index in [9.17, 15) is 4.79 Å². The number of aromatic nitrogens is 2. The van der Waals surface area contributed by atoms with Crippen molar-refractivity contribution in [1.82, 2.24) is 15.0 Å². The van der Waals surface area contributed by atoms with Crippen molar-refractivity contribution in [3.05, 3.63) is 41.9 Å². The highest BCUT2D eigenvalue weighted by Gasteiger charge is 2.21. The van der Waals surface area contributed by atoms with Gasteiger partial charge < -0.3 is 15.2 Å². The average molecular weight is 246 g/mol. The van der Waals surface area contributed by atoms with E-state index in [0.717, 1.165) is 0 Å². The van der Waals surface area contributed by atoms with Crippen LogP contribution in [0, 0.1) is 0 Å². The number of carbonyl (C=O) groups excluding carboxylic acids is 1. The summed E-state index contributed by atoms with van der Waals surface area (Å²) in [5, 5.41) is 3.82. The summed E-state index contributed by atoms with van der Waals surface area (Å²) in [6.07, 6.45) is 1.48. The number of amides is 1. The second-order valence-electron chi connectivity index (χ2n) is 3.96. The lowest BCUT2D eigenvalue weighted by Crippen LogP contribution is -2.30. The van der Waals surface area contributed by atoms with Gasteiger partial charge in [-0.2, -0.15) is 0 Å². The summed E-state index contributed by atoms with van der Waals surface area (Å²) in [5.41, 5.74) is 6.56. The van der Waals surface area contributed by atoms with Crippen molar-refractivity contribution in [2.24, 2.45) is 0 Å². The van der Waals surface area contributed by atoms with E-state index in [2.05, 4.69) is 10.1 Å². The van der Waals surface area contributed by atoms with Crippen molar-refractivity contribution < 1.29 is 9.32 Å². The Hall–Kier alpha value is -2.37. The van der Waals surface area contributed by atoms with Crippen molar-refractivity contribution in [3.8, 4) is 0 Å². The Labute approximate surface area is 104 Å². The first-order valence-electron chi connectivity index (χ1n) is 5.49. The number of hydrogen-bond donors (Lipinski definition) is 1. The lowest BCUT2D eigenvalue weighted by Gasteiger charge is -2.22. The topological polar surface area (TPSA) is 85.2 Å².